The summed E-state index contributed by atoms with van der Waals surface area (Å²) in [6.45, 7) is 9.46. The Morgan fingerprint density at radius 1 is 0.750 bits per heavy atom. The van der Waals surface area contributed by atoms with Crippen molar-refractivity contribution in [2.24, 2.45) is 5.92 Å². The van der Waals surface area contributed by atoms with Crippen molar-refractivity contribution in [1.82, 2.24) is 0 Å². The molecule has 0 radical (unpaired) electrons. The summed E-state index contributed by atoms with van der Waals surface area (Å²) < 4.78 is 13.0. The van der Waals surface area contributed by atoms with E-state index in [0.717, 1.165) is 36.0 Å². The van der Waals surface area contributed by atoms with Crippen molar-refractivity contribution in [3.8, 4) is 0 Å². The van der Waals surface area contributed by atoms with E-state index in [0.29, 0.717) is 19.1 Å². The van der Waals surface area contributed by atoms with Crippen LogP contribution in [0.3, 0.4) is 0 Å². The van der Waals surface area contributed by atoms with Crippen LogP contribution in [0.25, 0.3) is 0 Å². The normalized spacial score (nSPS) is 13.4. The highest BCUT2D eigenvalue weighted by Crippen LogP contribution is 2.41. The van der Waals surface area contributed by atoms with Crippen LogP contribution in [-0.2, 0) is 15.1 Å². The van der Waals surface area contributed by atoms with Crippen molar-refractivity contribution in [2.45, 2.75) is 44.8 Å². The first-order chi connectivity index (χ1) is 15.7. The highest BCUT2D eigenvalue weighted by atomic mass is 16.5. The van der Waals surface area contributed by atoms with Gasteiger partial charge in [-0.1, -0.05) is 117 Å². The van der Waals surface area contributed by atoms with Crippen molar-refractivity contribution < 1.29 is 9.47 Å². The third kappa shape index (κ3) is 5.76. The fourth-order valence-electron chi connectivity index (χ4n) is 4.29. The molecule has 0 aromatic heterocycles. The third-order valence-electron chi connectivity index (χ3n) is 6.16. The van der Waals surface area contributed by atoms with Gasteiger partial charge in [-0.2, -0.15) is 0 Å². The first-order valence-corrected chi connectivity index (χ1v) is 11.8. The second-order valence-electron chi connectivity index (χ2n) is 8.25. The molecule has 3 aromatic carbocycles. The van der Waals surface area contributed by atoms with Crippen LogP contribution in [0.4, 0.5) is 0 Å². The van der Waals surface area contributed by atoms with Gasteiger partial charge in [0.2, 0.25) is 0 Å². The van der Waals surface area contributed by atoms with Gasteiger partial charge < -0.3 is 9.47 Å². The predicted molar refractivity (Wildman–Crippen MR) is 134 cm³/mol. The lowest BCUT2D eigenvalue weighted by Gasteiger charge is -2.37. The van der Waals surface area contributed by atoms with E-state index in [9.17, 15) is 0 Å². The molecule has 0 aliphatic heterocycles. The van der Waals surface area contributed by atoms with Crippen LogP contribution >= 0.6 is 0 Å². The van der Waals surface area contributed by atoms with Crippen molar-refractivity contribution >= 4 is 0 Å². The zero-order valence-electron chi connectivity index (χ0n) is 19.5. The minimum Gasteiger partial charge on any atom is -0.374 e. The molecular formula is C30H36O2. The van der Waals surface area contributed by atoms with Gasteiger partial charge in [0.25, 0.3) is 0 Å². The second-order valence-corrected chi connectivity index (χ2v) is 8.25. The highest BCUT2D eigenvalue weighted by molar-refractivity contribution is 5.47. The van der Waals surface area contributed by atoms with Crippen LogP contribution < -0.4 is 0 Å². The van der Waals surface area contributed by atoms with E-state index >= 15 is 0 Å². The topological polar surface area (TPSA) is 18.5 Å². The Kier molecular flexibility index (Phi) is 9.27. The Bertz CT molecular complexity index is 809. The van der Waals surface area contributed by atoms with E-state index in [4.69, 9.17) is 9.47 Å². The zero-order valence-corrected chi connectivity index (χ0v) is 19.5. The molecule has 0 bridgehead atoms. The standard InChI is InChI=1S/C30H36O2/c1-4-22-31-29(6-3)23-25(5-2)24-32-30(26-16-10-7-11-17-26,27-18-12-8-13-19-27)28-20-14-9-15-21-28/h4,7-21,25,29H,1,5-6,22-24H2,2-3H3/t25-,29-/m1/s1. The monoisotopic (exact) mass is 428 g/mol. The summed E-state index contributed by atoms with van der Waals surface area (Å²) >= 11 is 0. The minimum absolute atomic E-state index is 0.223. The summed E-state index contributed by atoms with van der Waals surface area (Å²) in [7, 11) is 0. The van der Waals surface area contributed by atoms with Crippen LogP contribution in [0.5, 0.6) is 0 Å². The van der Waals surface area contributed by atoms with Crippen LogP contribution in [0.2, 0.25) is 0 Å². The lowest BCUT2D eigenvalue weighted by atomic mass is 9.80. The molecule has 2 nitrogen and oxygen atoms in total. The molecule has 0 aliphatic rings. The van der Waals surface area contributed by atoms with Crippen LogP contribution in [0, 0.1) is 5.92 Å². The summed E-state index contributed by atoms with van der Waals surface area (Å²) in [5.74, 6) is 0.403. The molecule has 0 amide bonds. The molecule has 0 heterocycles. The maximum Gasteiger partial charge on any atom is 0.143 e. The molecule has 0 aliphatic carbocycles. The Balaban J connectivity index is 1.98. The zero-order chi connectivity index (χ0) is 22.7. The van der Waals surface area contributed by atoms with Gasteiger partial charge in [0, 0.05) is 0 Å². The quantitative estimate of drug-likeness (QED) is 0.209. The molecule has 0 fully saturated rings. The minimum atomic E-state index is -0.666. The summed E-state index contributed by atoms with van der Waals surface area (Å²) in [6.07, 6.45) is 5.07. The largest absolute Gasteiger partial charge is 0.374 e. The molecule has 0 unspecified atom stereocenters. The number of hydrogen-bond donors (Lipinski definition) is 0. The number of benzene rings is 3. The summed E-state index contributed by atoms with van der Waals surface area (Å²) in [5.41, 5.74) is 2.76. The molecule has 32 heavy (non-hydrogen) atoms. The Hall–Kier alpha value is -2.68. The molecule has 168 valence electrons. The third-order valence-corrected chi connectivity index (χ3v) is 6.16. The SMILES string of the molecule is C=CCO[C@H](CC)C[C@@H](CC)COC(c1ccccc1)(c1ccccc1)c1ccccc1. The lowest BCUT2D eigenvalue weighted by molar-refractivity contribution is -0.0257. The second kappa shape index (κ2) is 12.4. The van der Waals surface area contributed by atoms with Crippen molar-refractivity contribution in [3.63, 3.8) is 0 Å². The van der Waals surface area contributed by atoms with Crippen LogP contribution in [0.1, 0.15) is 49.8 Å². The predicted octanol–water partition coefficient (Wildman–Crippen LogP) is 7.39. The molecule has 2 atom stereocenters. The van der Waals surface area contributed by atoms with Gasteiger partial charge in [-0.25, -0.2) is 0 Å². The van der Waals surface area contributed by atoms with Gasteiger partial charge in [-0.05, 0) is 35.4 Å². The van der Waals surface area contributed by atoms with Crippen molar-refractivity contribution in [3.05, 3.63) is 120 Å². The summed E-state index contributed by atoms with van der Waals surface area (Å²) in [4.78, 5) is 0. The van der Waals surface area contributed by atoms with Gasteiger partial charge in [0.05, 0.1) is 19.3 Å². The van der Waals surface area contributed by atoms with Gasteiger partial charge >= 0.3 is 0 Å². The van der Waals surface area contributed by atoms with E-state index in [1.807, 2.05) is 6.08 Å². The smallest absolute Gasteiger partial charge is 0.143 e. The average Bonchev–Trinajstić information content (AvgIpc) is 2.87. The van der Waals surface area contributed by atoms with E-state index < -0.39 is 5.60 Å². The maximum atomic E-state index is 7.02. The van der Waals surface area contributed by atoms with Gasteiger partial charge in [-0.3, -0.25) is 0 Å². The molecular weight excluding hydrogens is 392 g/mol. The lowest BCUT2D eigenvalue weighted by Crippen LogP contribution is -2.35. The summed E-state index contributed by atoms with van der Waals surface area (Å²) in [6, 6.07) is 31.7. The maximum absolute atomic E-state index is 7.02. The van der Waals surface area contributed by atoms with Crippen LogP contribution in [-0.4, -0.2) is 19.3 Å². The van der Waals surface area contributed by atoms with Crippen LogP contribution in [0.15, 0.2) is 104 Å². The van der Waals surface area contributed by atoms with Gasteiger partial charge in [0.15, 0.2) is 0 Å². The number of rotatable bonds is 13. The summed E-state index contributed by atoms with van der Waals surface area (Å²) in [5, 5.41) is 0. The van der Waals surface area contributed by atoms with Gasteiger partial charge in [-0.15, -0.1) is 6.58 Å². The first kappa shape index (κ1) is 24.0. The Labute approximate surface area is 193 Å². The molecule has 0 spiro atoms. The number of hydrogen-bond acceptors (Lipinski definition) is 2. The molecule has 0 N–H and O–H groups in total. The molecule has 3 aromatic rings. The van der Waals surface area contributed by atoms with E-state index in [2.05, 4.69) is 111 Å². The Morgan fingerprint density at radius 2 is 1.22 bits per heavy atom. The van der Waals surface area contributed by atoms with Crippen molar-refractivity contribution in [2.75, 3.05) is 13.2 Å². The average molecular weight is 429 g/mol. The molecule has 3 rings (SSSR count). The highest BCUT2D eigenvalue weighted by Gasteiger charge is 2.38. The molecule has 2 heteroatoms. The molecule has 0 saturated carbocycles. The number of ether oxygens (including phenoxy) is 2. The van der Waals surface area contributed by atoms with E-state index in [-0.39, 0.29) is 6.10 Å². The van der Waals surface area contributed by atoms with E-state index in [1.165, 1.54) is 0 Å². The Morgan fingerprint density at radius 3 is 1.59 bits per heavy atom. The van der Waals surface area contributed by atoms with E-state index in [1.54, 1.807) is 0 Å². The van der Waals surface area contributed by atoms with Gasteiger partial charge in [0.1, 0.15) is 5.60 Å². The first-order valence-electron chi connectivity index (χ1n) is 11.8. The molecule has 0 saturated heterocycles. The fourth-order valence-corrected chi connectivity index (χ4v) is 4.29. The fraction of sp³-hybridized carbons (Fsp3) is 0.333. The van der Waals surface area contributed by atoms with Crippen molar-refractivity contribution in [1.29, 1.82) is 0 Å².